The Hall–Kier alpha value is -3.06. The van der Waals surface area contributed by atoms with Crippen LogP contribution in [0.2, 0.25) is 5.02 Å². The molecule has 1 fully saturated rings. The third-order valence-electron chi connectivity index (χ3n) is 4.88. The van der Waals surface area contributed by atoms with Gasteiger partial charge in [-0.3, -0.25) is 19.9 Å². The molecule has 0 spiro atoms. The summed E-state index contributed by atoms with van der Waals surface area (Å²) in [7, 11) is 0. The van der Waals surface area contributed by atoms with Gasteiger partial charge in [0.05, 0.1) is 25.0 Å². The maximum absolute atomic E-state index is 12.9. The van der Waals surface area contributed by atoms with Crippen molar-refractivity contribution in [2.24, 2.45) is 0 Å². The smallest absolute Gasteiger partial charge is 0.274 e. The first-order chi connectivity index (χ1) is 13.6. The van der Waals surface area contributed by atoms with Gasteiger partial charge in [-0.25, -0.2) is 9.99 Å². The lowest BCUT2D eigenvalue weighted by Crippen LogP contribution is -2.54. The largest absolute Gasteiger partial charge is 0.329 e. The van der Waals surface area contributed by atoms with Crippen LogP contribution in [0.15, 0.2) is 60.4 Å². The highest BCUT2D eigenvalue weighted by atomic mass is 35.5. The van der Waals surface area contributed by atoms with Crippen LogP contribution >= 0.6 is 11.6 Å². The van der Waals surface area contributed by atoms with Crippen LogP contribution in [0.3, 0.4) is 0 Å². The van der Waals surface area contributed by atoms with Crippen molar-refractivity contribution in [3.63, 3.8) is 0 Å². The van der Waals surface area contributed by atoms with E-state index in [9.17, 15) is 9.59 Å². The Balaban J connectivity index is 1.41. The van der Waals surface area contributed by atoms with Gasteiger partial charge in [0.25, 0.3) is 11.7 Å². The fourth-order valence-electron chi connectivity index (χ4n) is 3.34. The summed E-state index contributed by atoms with van der Waals surface area (Å²) < 4.78 is 0. The van der Waals surface area contributed by atoms with Crippen LogP contribution in [0.1, 0.15) is 6.42 Å². The Labute approximate surface area is 168 Å². The number of aromatic amines is 1. The van der Waals surface area contributed by atoms with E-state index >= 15 is 0 Å². The minimum absolute atomic E-state index is 0.0943. The van der Waals surface area contributed by atoms with Gasteiger partial charge in [-0.1, -0.05) is 17.7 Å². The molecule has 0 radical (unpaired) electrons. The fraction of sp³-hybridized carbons (Fsp3) is 0.250. The molecular formula is C20H21ClN5O2+. The molecule has 0 saturated carbocycles. The molecule has 2 N–H and O–H groups in total. The number of halogens is 1. The van der Waals surface area contributed by atoms with Gasteiger partial charge in [-0.05, 0) is 36.4 Å². The molecule has 8 heteroatoms. The average Bonchev–Trinajstić information content (AvgIpc) is 2.75. The predicted molar refractivity (Wildman–Crippen MR) is 107 cm³/mol. The number of nitrogens with zero attached hydrogens (tertiary/aromatic N) is 3. The topological polar surface area (TPSA) is 70.0 Å². The molecule has 0 unspecified atom stereocenters. The molecule has 28 heavy (non-hydrogen) atoms. The number of carbonyl (C=O) groups is 2. The molecule has 7 nitrogen and oxygen atoms in total. The summed E-state index contributed by atoms with van der Waals surface area (Å²) >= 11 is 5.92. The van der Waals surface area contributed by atoms with Gasteiger partial charge in [0.2, 0.25) is 5.91 Å². The van der Waals surface area contributed by atoms with E-state index < -0.39 is 0 Å². The molecule has 0 bridgehead atoms. The summed E-state index contributed by atoms with van der Waals surface area (Å²) in [5.41, 5.74) is 4.05. The van der Waals surface area contributed by atoms with Crippen molar-refractivity contribution in [2.45, 2.75) is 6.42 Å². The van der Waals surface area contributed by atoms with Gasteiger partial charge in [0.15, 0.2) is 0 Å². The molecule has 4 rings (SSSR count). The molecule has 0 atom stereocenters. The van der Waals surface area contributed by atoms with E-state index in [1.165, 1.54) is 5.01 Å². The number of amides is 2. The van der Waals surface area contributed by atoms with Crippen LogP contribution in [-0.2, 0) is 9.59 Å². The van der Waals surface area contributed by atoms with Gasteiger partial charge < -0.3 is 4.90 Å². The third kappa shape index (κ3) is 3.80. The van der Waals surface area contributed by atoms with Crippen LogP contribution in [0, 0.1) is 0 Å². The van der Waals surface area contributed by atoms with E-state index in [0.29, 0.717) is 29.5 Å². The summed E-state index contributed by atoms with van der Waals surface area (Å²) in [6, 6.07) is 12.9. The van der Waals surface area contributed by atoms with Gasteiger partial charge in [-0.2, -0.15) is 0 Å². The predicted octanol–water partition coefficient (Wildman–Crippen LogP) is 1.63. The van der Waals surface area contributed by atoms with Crippen molar-refractivity contribution in [3.05, 3.63) is 65.5 Å². The van der Waals surface area contributed by atoms with Crippen molar-refractivity contribution in [2.75, 3.05) is 36.1 Å². The lowest BCUT2D eigenvalue weighted by atomic mass is 10.2. The number of aromatic nitrogens is 1. The molecule has 3 heterocycles. The van der Waals surface area contributed by atoms with E-state index in [1.54, 1.807) is 30.3 Å². The number of hydrazine groups is 1. The number of hydrogen-bond acceptors (Lipinski definition) is 4. The molecule has 0 aliphatic carbocycles. The number of nitrogens with one attached hydrogen (secondary N) is 2. The van der Waals surface area contributed by atoms with Gasteiger partial charge in [0, 0.05) is 17.5 Å². The molecule has 2 amide bonds. The first-order valence-corrected chi connectivity index (χ1v) is 9.56. The van der Waals surface area contributed by atoms with Crippen molar-refractivity contribution in [3.8, 4) is 0 Å². The summed E-state index contributed by atoms with van der Waals surface area (Å²) in [6.07, 6.45) is 3.73. The molecule has 2 aliphatic rings. The number of H-pyrrole nitrogens is 1. The quantitative estimate of drug-likeness (QED) is 0.853. The first-order valence-electron chi connectivity index (χ1n) is 9.18. The number of rotatable bonds is 3. The molecule has 1 aromatic heterocycles. The Kier molecular flexibility index (Phi) is 5.16. The van der Waals surface area contributed by atoms with Crippen LogP contribution in [0.4, 0.5) is 11.5 Å². The zero-order valence-electron chi connectivity index (χ0n) is 15.3. The summed E-state index contributed by atoms with van der Waals surface area (Å²) in [4.78, 5) is 32.5. The Morgan fingerprint density at radius 1 is 1.04 bits per heavy atom. The van der Waals surface area contributed by atoms with Crippen molar-refractivity contribution in [1.29, 1.82) is 0 Å². The minimum atomic E-state index is -0.122. The summed E-state index contributed by atoms with van der Waals surface area (Å²) in [5.74, 6) is 0.829. The number of benzene rings is 1. The fourth-order valence-corrected chi connectivity index (χ4v) is 3.47. The number of anilines is 2. The lowest BCUT2D eigenvalue weighted by Gasteiger charge is -2.34. The second-order valence-corrected chi connectivity index (χ2v) is 7.10. The Morgan fingerprint density at radius 2 is 1.79 bits per heavy atom. The average molecular weight is 399 g/mol. The maximum atomic E-state index is 12.9. The van der Waals surface area contributed by atoms with E-state index in [0.717, 1.165) is 18.9 Å². The van der Waals surface area contributed by atoms with E-state index in [-0.39, 0.29) is 18.2 Å². The van der Waals surface area contributed by atoms with Crippen LogP contribution in [0.25, 0.3) is 0 Å². The van der Waals surface area contributed by atoms with E-state index in [2.05, 4.69) is 15.3 Å². The van der Waals surface area contributed by atoms with E-state index in [4.69, 9.17) is 11.6 Å². The highest BCUT2D eigenvalue weighted by Gasteiger charge is 2.31. The van der Waals surface area contributed by atoms with Gasteiger partial charge in [0.1, 0.15) is 18.8 Å². The number of pyridine rings is 1. The van der Waals surface area contributed by atoms with Gasteiger partial charge in [-0.15, -0.1) is 0 Å². The highest BCUT2D eigenvalue weighted by molar-refractivity contribution is 6.30. The molecule has 1 saturated heterocycles. The van der Waals surface area contributed by atoms with E-state index in [1.807, 2.05) is 29.3 Å². The van der Waals surface area contributed by atoms with Crippen molar-refractivity contribution < 1.29 is 14.6 Å². The molecule has 2 aromatic rings. The Morgan fingerprint density at radius 3 is 2.46 bits per heavy atom. The standard InChI is InChI=1S/C20H20ClN5O2/c21-15-4-6-16(7-5-15)26-19(27)9-8-17(23-26)20(28)25-13-11-24(12-14-25)18-3-1-2-10-22-18/h1-8,10,23H,9,11-14H2/p+1. The maximum Gasteiger partial charge on any atom is 0.274 e. The van der Waals surface area contributed by atoms with Crippen LogP contribution < -0.4 is 20.3 Å². The molecule has 2 aliphatic heterocycles. The number of hydrogen-bond donors (Lipinski definition) is 1. The lowest BCUT2D eigenvalue weighted by molar-refractivity contribution is -0.364. The van der Waals surface area contributed by atoms with Crippen molar-refractivity contribution >= 4 is 34.9 Å². The SMILES string of the molecule is O=C(C1=CCC(=O)N(c2ccc(Cl)cc2)N1)N1CCN(c2cccc[nH+]2)CC1. The molecule has 144 valence electrons. The molecule has 1 aromatic carbocycles. The zero-order chi connectivity index (χ0) is 19.5. The molecular weight excluding hydrogens is 378 g/mol. The Bertz CT molecular complexity index is 893. The zero-order valence-corrected chi connectivity index (χ0v) is 16.0. The van der Waals surface area contributed by atoms with Crippen molar-refractivity contribution in [1.82, 2.24) is 10.3 Å². The monoisotopic (exact) mass is 398 g/mol. The third-order valence-corrected chi connectivity index (χ3v) is 5.13. The summed E-state index contributed by atoms with van der Waals surface area (Å²) in [5, 5.41) is 1.99. The summed E-state index contributed by atoms with van der Waals surface area (Å²) in [6.45, 7) is 2.74. The van der Waals surface area contributed by atoms with Crippen LogP contribution in [-0.4, -0.2) is 42.9 Å². The van der Waals surface area contributed by atoms with Crippen LogP contribution in [0.5, 0.6) is 0 Å². The minimum Gasteiger partial charge on any atom is -0.329 e. The number of piperazine rings is 1. The number of carbonyl (C=O) groups excluding carboxylic acids is 2. The second kappa shape index (κ2) is 7.90. The van der Waals surface area contributed by atoms with Gasteiger partial charge >= 0.3 is 0 Å². The normalized spacial score (nSPS) is 17.2. The first kappa shape index (κ1) is 18.3. The second-order valence-electron chi connectivity index (χ2n) is 6.67. The highest BCUT2D eigenvalue weighted by Crippen LogP contribution is 2.21.